The molecule has 0 bridgehead atoms. The molecule has 0 atom stereocenters. The van der Waals surface area contributed by atoms with Crippen molar-refractivity contribution >= 4 is 39.3 Å². The molecule has 0 aliphatic carbocycles. The number of anilines is 1. The van der Waals surface area contributed by atoms with Gasteiger partial charge in [-0.3, -0.25) is 9.59 Å². The number of fused-ring (bicyclic) bond motifs is 4. The lowest BCUT2D eigenvalue weighted by molar-refractivity contribution is 0.0926. The Morgan fingerprint density at radius 1 is 0.480 bits per heavy atom. The van der Waals surface area contributed by atoms with E-state index in [0.717, 1.165) is 49.6 Å². The fourth-order valence-electron chi connectivity index (χ4n) is 7.26. The predicted octanol–water partition coefficient (Wildman–Crippen LogP) is 9.39. The molecule has 2 aromatic heterocycles. The highest BCUT2D eigenvalue weighted by Crippen LogP contribution is 2.45. The maximum absolute atomic E-state index is 14.9. The van der Waals surface area contributed by atoms with Crippen LogP contribution in [0.3, 0.4) is 0 Å². The van der Waals surface area contributed by atoms with Crippen LogP contribution in [0.15, 0.2) is 140 Å². The number of aryl methyl sites for hydroxylation is 2. The molecule has 2 amide bonds. The van der Waals surface area contributed by atoms with E-state index in [4.69, 9.17) is 0 Å². The summed E-state index contributed by atoms with van der Waals surface area (Å²) in [5.74, 6) is 1.21. The lowest BCUT2D eigenvalue weighted by Gasteiger charge is -2.23. The minimum atomic E-state index is -0.361. The van der Waals surface area contributed by atoms with E-state index < -0.39 is 0 Å². The van der Waals surface area contributed by atoms with Crippen LogP contribution in [0, 0.1) is 13.8 Å². The highest BCUT2D eigenvalue weighted by Gasteiger charge is 2.41. The average molecular weight is 648 g/mol. The first kappa shape index (κ1) is 29.4. The average Bonchev–Trinajstić information content (AvgIpc) is 3.61. The fourth-order valence-corrected chi connectivity index (χ4v) is 7.26. The van der Waals surface area contributed by atoms with Crippen molar-refractivity contribution < 1.29 is 9.59 Å². The second-order valence-corrected chi connectivity index (χ2v) is 12.4. The standard InChI is InChI=1S/C43H29N5O2/c1-26-44-27(2)46-41(45-26)30-23-24-37-35(25-30)33-17-9-10-21-36(33)47(37)38-22-12-20-34-39(38)43(50)48(42(34)49)40-31(28-13-5-3-6-14-28)18-11-19-32(40)29-15-7-4-8-16-29/h3-25H,1-2H3. The zero-order valence-electron chi connectivity index (χ0n) is 27.3. The molecule has 1 aliphatic rings. The Kier molecular flexibility index (Phi) is 6.74. The molecule has 7 nitrogen and oxygen atoms in total. The Hall–Kier alpha value is -6.73. The van der Waals surface area contributed by atoms with E-state index in [0.29, 0.717) is 40.0 Å². The normalized spacial score (nSPS) is 12.6. The number of nitrogens with zero attached hydrogens (tertiary/aromatic N) is 5. The molecule has 238 valence electrons. The molecule has 0 saturated heterocycles. The summed E-state index contributed by atoms with van der Waals surface area (Å²) < 4.78 is 2.09. The first-order valence-corrected chi connectivity index (χ1v) is 16.5. The molecular formula is C43H29N5O2. The van der Waals surface area contributed by atoms with Crippen molar-refractivity contribution in [1.29, 1.82) is 0 Å². The summed E-state index contributed by atoms with van der Waals surface area (Å²) in [6.07, 6.45) is 0. The molecule has 0 unspecified atom stereocenters. The molecule has 1 aliphatic heterocycles. The molecular weight excluding hydrogens is 619 g/mol. The lowest BCUT2D eigenvalue weighted by Crippen LogP contribution is -2.30. The van der Waals surface area contributed by atoms with Gasteiger partial charge in [-0.25, -0.2) is 19.9 Å². The SMILES string of the molecule is Cc1nc(C)nc(-c2ccc3c(c2)c2ccccc2n3-c2cccc3c2C(=O)N(c2c(-c4ccccc4)cccc2-c2ccccc2)C3=O)n1. The van der Waals surface area contributed by atoms with Gasteiger partial charge in [-0.15, -0.1) is 0 Å². The number of rotatable bonds is 5. The molecule has 3 heterocycles. The monoisotopic (exact) mass is 647 g/mol. The molecule has 9 rings (SSSR count). The summed E-state index contributed by atoms with van der Waals surface area (Å²) in [5, 5.41) is 2.00. The van der Waals surface area contributed by atoms with E-state index in [1.165, 1.54) is 4.90 Å². The van der Waals surface area contributed by atoms with Crippen molar-refractivity contribution in [2.75, 3.05) is 4.90 Å². The van der Waals surface area contributed by atoms with Gasteiger partial charge in [0.05, 0.1) is 33.5 Å². The zero-order valence-corrected chi connectivity index (χ0v) is 27.3. The summed E-state index contributed by atoms with van der Waals surface area (Å²) in [7, 11) is 0. The summed E-state index contributed by atoms with van der Waals surface area (Å²) >= 11 is 0. The first-order chi connectivity index (χ1) is 24.5. The Balaban J connectivity index is 1.26. The highest BCUT2D eigenvalue weighted by atomic mass is 16.2. The van der Waals surface area contributed by atoms with Gasteiger partial charge in [-0.1, -0.05) is 103 Å². The lowest BCUT2D eigenvalue weighted by atomic mass is 9.95. The summed E-state index contributed by atoms with van der Waals surface area (Å²) in [4.78, 5) is 44.4. The Bertz CT molecular complexity index is 2590. The second kappa shape index (κ2) is 11.5. The Morgan fingerprint density at radius 3 is 1.74 bits per heavy atom. The third kappa shape index (κ3) is 4.55. The van der Waals surface area contributed by atoms with E-state index in [1.807, 2.05) is 135 Å². The number of imide groups is 1. The number of para-hydroxylation sites is 2. The van der Waals surface area contributed by atoms with E-state index in [9.17, 15) is 9.59 Å². The van der Waals surface area contributed by atoms with E-state index >= 15 is 0 Å². The summed E-state index contributed by atoms with van der Waals surface area (Å²) in [6, 6.07) is 45.5. The van der Waals surface area contributed by atoms with E-state index in [1.54, 1.807) is 6.07 Å². The zero-order chi connectivity index (χ0) is 33.9. The van der Waals surface area contributed by atoms with E-state index in [2.05, 4.69) is 31.7 Å². The largest absolute Gasteiger partial charge is 0.308 e. The number of hydrogen-bond donors (Lipinski definition) is 0. The minimum absolute atomic E-state index is 0.351. The fraction of sp³-hybridized carbons (Fsp3) is 0.0465. The number of aromatic nitrogens is 4. The third-order valence-electron chi connectivity index (χ3n) is 9.35. The molecule has 0 fully saturated rings. The smallest absolute Gasteiger partial charge is 0.268 e. The number of carbonyl (C=O) groups excluding carboxylic acids is 2. The Morgan fingerprint density at radius 2 is 1.06 bits per heavy atom. The molecule has 0 N–H and O–H groups in total. The second-order valence-electron chi connectivity index (χ2n) is 12.4. The van der Waals surface area contributed by atoms with Crippen LogP contribution in [0.5, 0.6) is 0 Å². The number of benzene rings is 6. The number of amides is 2. The summed E-state index contributed by atoms with van der Waals surface area (Å²) in [5.41, 5.74) is 8.08. The topological polar surface area (TPSA) is 81.0 Å². The molecule has 6 aromatic carbocycles. The van der Waals surface area contributed by atoms with Crippen molar-refractivity contribution in [3.8, 4) is 39.3 Å². The van der Waals surface area contributed by atoms with Crippen LogP contribution in [0.2, 0.25) is 0 Å². The molecule has 0 spiro atoms. The first-order valence-electron chi connectivity index (χ1n) is 16.5. The van der Waals surface area contributed by atoms with Crippen LogP contribution in [-0.2, 0) is 0 Å². The minimum Gasteiger partial charge on any atom is -0.308 e. The van der Waals surface area contributed by atoms with Crippen LogP contribution < -0.4 is 4.90 Å². The number of hydrogen-bond acceptors (Lipinski definition) is 5. The van der Waals surface area contributed by atoms with Crippen molar-refractivity contribution in [2.45, 2.75) is 13.8 Å². The van der Waals surface area contributed by atoms with Gasteiger partial charge in [-0.2, -0.15) is 0 Å². The van der Waals surface area contributed by atoms with Gasteiger partial charge >= 0.3 is 0 Å². The van der Waals surface area contributed by atoms with Gasteiger partial charge in [0.25, 0.3) is 11.8 Å². The van der Waals surface area contributed by atoms with Gasteiger partial charge in [0.2, 0.25) is 0 Å². The van der Waals surface area contributed by atoms with Crippen molar-refractivity contribution in [2.24, 2.45) is 0 Å². The highest BCUT2D eigenvalue weighted by molar-refractivity contribution is 6.37. The molecule has 7 heteroatoms. The van der Waals surface area contributed by atoms with Crippen molar-refractivity contribution in [1.82, 2.24) is 19.5 Å². The van der Waals surface area contributed by atoms with Crippen LogP contribution in [0.1, 0.15) is 32.4 Å². The molecule has 50 heavy (non-hydrogen) atoms. The van der Waals surface area contributed by atoms with Gasteiger partial charge in [0.15, 0.2) is 5.82 Å². The van der Waals surface area contributed by atoms with Crippen LogP contribution in [-0.4, -0.2) is 31.3 Å². The van der Waals surface area contributed by atoms with Crippen molar-refractivity contribution in [3.63, 3.8) is 0 Å². The Labute approximate surface area is 288 Å². The van der Waals surface area contributed by atoms with Crippen molar-refractivity contribution in [3.05, 3.63) is 162 Å². The maximum atomic E-state index is 14.9. The van der Waals surface area contributed by atoms with Crippen LogP contribution >= 0.6 is 0 Å². The van der Waals surface area contributed by atoms with E-state index in [-0.39, 0.29) is 11.8 Å². The van der Waals surface area contributed by atoms with Gasteiger partial charge in [-0.05, 0) is 61.4 Å². The van der Waals surface area contributed by atoms with Crippen LogP contribution in [0.4, 0.5) is 5.69 Å². The molecule has 0 radical (unpaired) electrons. The number of carbonyl (C=O) groups is 2. The van der Waals surface area contributed by atoms with Gasteiger partial charge in [0, 0.05) is 27.5 Å². The quantitative estimate of drug-likeness (QED) is 0.174. The maximum Gasteiger partial charge on any atom is 0.268 e. The van der Waals surface area contributed by atoms with Crippen LogP contribution in [0.25, 0.3) is 61.1 Å². The van der Waals surface area contributed by atoms with Gasteiger partial charge < -0.3 is 4.57 Å². The molecule has 8 aromatic rings. The van der Waals surface area contributed by atoms with Gasteiger partial charge in [0.1, 0.15) is 11.6 Å². The predicted molar refractivity (Wildman–Crippen MR) is 198 cm³/mol. The third-order valence-corrected chi connectivity index (χ3v) is 9.35. The summed E-state index contributed by atoms with van der Waals surface area (Å²) in [6.45, 7) is 3.72. The molecule has 0 saturated carbocycles.